The Morgan fingerprint density at radius 1 is 0.969 bits per heavy atom. The summed E-state index contributed by atoms with van der Waals surface area (Å²) in [7, 11) is -3.60. The Hall–Kier alpha value is -2.75. The molecule has 168 valence electrons. The minimum Gasteiger partial charge on any atom is -0.336 e. The Morgan fingerprint density at radius 2 is 1.59 bits per heavy atom. The zero-order valence-electron chi connectivity index (χ0n) is 18.1. The number of sulfonamides is 1. The molecule has 2 aromatic carbocycles. The molecule has 0 atom stereocenters. The molecule has 2 heterocycles. The van der Waals surface area contributed by atoms with Crippen molar-refractivity contribution >= 4 is 28.1 Å². The van der Waals surface area contributed by atoms with Crippen LogP contribution in [0.5, 0.6) is 0 Å². The number of carbonyl (C=O) groups excluding carboxylic acids is 1. The summed E-state index contributed by atoms with van der Waals surface area (Å²) >= 11 is 5.37. The van der Waals surface area contributed by atoms with Crippen molar-refractivity contribution in [1.29, 1.82) is 0 Å². The quantitative estimate of drug-likeness (QED) is 0.576. The van der Waals surface area contributed by atoms with E-state index < -0.39 is 10.0 Å². The van der Waals surface area contributed by atoms with Gasteiger partial charge in [0.2, 0.25) is 10.0 Å². The predicted molar refractivity (Wildman–Crippen MR) is 126 cm³/mol. The van der Waals surface area contributed by atoms with E-state index in [1.807, 2.05) is 42.5 Å². The fourth-order valence-electron chi connectivity index (χ4n) is 3.83. The predicted octanol–water partition coefficient (Wildman–Crippen LogP) is 3.80. The molecule has 1 fully saturated rings. The first-order valence-corrected chi connectivity index (χ1v) is 12.4. The molecule has 1 amide bonds. The summed E-state index contributed by atoms with van der Waals surface area (Å²) in [5.41, 5.74) is 2.33. The Balaban J connectivity index is 1.49. The van der Waals surface area contributed by atoms with E-state index in [4.69, 9.17) is 12.2 Å². The third-order valence-corrected chi connectivity index (χ3v) is 7.93. The van der Waals surface area contributed by atoms with Crippen LogP contribution in [0.3, 0.4) is 0 Å². The standard InChI is InChI=1S/C23H26N4O3S2/c1-17(2)18-8-10-20(11-9-18)32(29,30)26-14-12-25(13-15-26)22(28)21-16-24-23(31)27(21)19-6-4-3-5-7-19/h3-11,16-17H,12-15H2,1-2H3,(H,24,31). The van der Waals surface area contributed by atoms with Gasteiger partial charge in [0.25, 0.3) is 5.91 Å². The minimum absolute atomic E-state index is 0.181. The molecule has 1 aromatic heterocycles. The molecule has 0 spiro atoms. The molecule has 1 aliphatic heterocycles. The van der Waals surface area contributed by atoms with Crippen LogP contribution >= 0.6 is 12.2 Å². The van der Waals surface area contributed by atoms with E-state index in [0.717, 1.165) is 11.3 Å². The van der Waals surface area contributed by atoms with Crippen molar-refractivity contribution in [3.63, 3.8) is 0 Å². The van der Waals surface area contributed by atoms with E-state index in [1.165, 1.54) is 4.31 Å². The lowest BCUT2D eigenvalue weighted by Crippen LogP contribution is -2.50. The molecule has 7 nitrogen and oxygen atoms in total. The van der Waals surface area contributed by atoms with Gasteiger partial charge in [-0.3, -0.25) is 9.36 Å². The molecule has 1 N–H and O–H groups in total. The van der Waals surface area contributed by atoms with Crippen LogP contribution in [0.4, 0.5) is 0 Å². The average molecular weight is 471 g/mol. The van der Waals surface area contributed by atoms with Gasteiger partial charge in [0.1, 0.15) is 5.69 Å². The minimum atomic E-state index is -3.60. The van der Waals surface area contributed by atoms with Gasteiger partial charge in [-0.25, -0.2) is 8.42 Å². The topological polar surface area (TPSA) is 78.4 Å². The van der Waals surface area contributed by atoms with E-state index in [9.17, 15) is 13.2 Å². The highest BCUT2D eigenvalue weighted by molar-refractivity contribution is 7.89. The number of para-hydroxylation sites is 1. The SMILES string of the molecule is CC(C)c1ccc(S(=O)(=O)N2CCN(C(=O)c3c[nH]c(=S)n3-c3ccccc3)CC2)cc1. The number of aromatic amines is 1. The third-order valence-electron chi connectivity index (χ3n) is 5.72. The number of rotatable bonds is 5. The van der Waals surface area contributed by atoms with Gasteiger partial charge < -0.3 is 9.88 Å². The highest BCUT2D eigenvalue weighted by Crippen LogP contribution is 2.22. The molecule has 0 unspecified atom stereocenters. The van der Waals surface area contributed by atoms with Crippen molar-refractivity contribution in [2.24, 2.45) is 0 Å². The van der Waals surface area contributed by atoms with Crippen LogP contribution in [0.1, 0.15) is 35.8 Å². The second-order valence-corrected chi connectivity index (χ2v) is 10.4. The summed E-state index contributed by atoms with van der Waals surface area (Å²) in [6, 6.07) is 16.5. The number of amides is 1. The summed E-state index contributed by atoms with van der Waals surface area (Å²) in [6.07, 6.45) is 1.61. The van der Waals surface area contributed by atoms with Crippen LogP contribution in [0, 0.1) is 4.77 Å². The van der Waals surface area contributed by atoms with E-state index in [-0.39, 0.29) is 23.9 Å². The molecule has 9 heteroatoms. The maximum atomic E-state index is 13.2. The third kappa shape index (κ3) is 4.28. The Labute approximate surface area is 193 Å². The number of hydrogen-bond acceptors (Lipinski definition) is 4. The van der Waals surface area contributed by atoms with Crippen molar-refractivity contribution in [2.75, 3.05) is 26.2 Å². The monoisotopic (exact) mass is 470 g/mol. The fraction of sp³-hybridized carbons (Fsp3) is 0.304. The number of aromatic nitrogens is 2. The molecular weight excluding hydrogens is 444 g/mol. The summed E-state index contributed by atoms with van der Waals surface area (Å²) in [6.45, 7) is 5.26. The summed E-state index contributed by atoms with van der Waals surface area (Å²) in [5, 5.41) is 0. The van der Waals surface area contributed by atoms with Gasteiger partial charge in [-0.1, -0.05) is 44.2 Å². The lowest BCUT2D eigenvalue weighted by atomic mass is 10.0. The van der Waals surface area contributed by atoms with E-state index in [1.54, 1.807) is 27.8 Å². The Bertz CT molecular complexity index is 1250. The van der Waals surface area contributed by atoms with Gasteiger partial charge >= 0.3 is 0 Å². The number of imidazole rings is 1. The van der Waals surface area contributed by atoms with Crippen LogP contribution in [0.2, 0.25) is 0 Å². The maximum Gasteiger partial charge on any atom is 0.272 e. The first kappa shape index (κ1) is 22.4. The summed E-state index contributed by atoms with van der Waals surface area (Å²) in [5.74, 6) is 0.156. The number of nitrogens with zero attached hydrogens (tertiary/aromatic N) is 3. The van der Waals surface area contributed by atoms with Crippen molar-refractivity contribution in [2.45, 2.75) is 24.7 Å². The number of benzene rings is 2. The Morgan fingerprint density at radius 3 is 2.19 bits per heavy atom. The molecule has 32 heavy (non-hydrogen) atoms. The van der Waals surface area contributed by atoms with Gasteiger partial charge in [-0.05, 0) is 48.0 Å². The van der Waals surface area contributed by atoms with E-state index in [2.05, 4.69) is 18.8 Å². The molecule has 3 aromatic rings. The molecule has 4 rings (SSSR count). The average Bonchev–Trinajstić information content (AvgIpc) is 3.20. The second-order valence-electron chi connectivity index (χ2n) is 8.07. The number of hydrogen-bond donors (Lipinski definition) is 1. The fourth-order valence-corrected chi connectivity index (χ4v) is 5.51. The smallest absolute Gasteiger partial charge is 0.272 e. The van der Waals surface area contributed by atoms with Crippen LogP contribution < -0.4 is 0 Å². The molecule has 0 aliphatic carbocycles. The zero-order chi connectivity index (χ0) is 22.9. The first-order chi connectivity index (χ1) is 15.3. The van der Waals surface area contributed by atoms with Crippen molar-refractivity contribution in [3.8, 4) is 5.69 Å². The number of H-pyrrole nitrogens is 1. The Kier molecular flexibility index (Phi) is 6.32. The molecule has 1 saturated heterocycles. The first-order valence-electron chi connectivity index (χ1n) is 10.5. The van der Waals surface area contributed by atoms with Crippen LogP contribution in [0.25, 0.3) is 5.69 Å². The van der Waals surface area contributed by atoms with Gasteiger partial charge in [-0.2, -0.15) is 4.31 Å². The van der Waals surface area contributed by atoms with Crippen LogP contribution in [-0.4, -0.2) is 59.3 Å². The molecular formula is C23H26N4O3S2. The lowest BCUT2D eigenvalue weighted by molar-refractivity contribution is 0.0689. The molecule has 0 saturated carbocycles. The van der Waals surface area contributed by atoms with Gasteiger partial charge in [-0.15, -0.1) is 0 Å². The van der Waals surface area contributed by atoms with Gasteiger partial charge in [0.15, 0.2) is 4.77 Å². The maximum absolute atomic E-state index is 13.2. The molecule has 0 bridgehead atoms. The molecule has 1 aliphatic rings. The zero-order valence-corrected chi connectivity index (χ0v) is 19.7. The highest BCUT2D eigenvalue weighted by atomic mass is 32.2. The number of carbonyl (C=O) groups is 1. The summed E-state index contributed by atoms with van der Waals surface area (Å²) < 4.78 is 29.7. The van der Waals surface area contributed by atoms with Crippen molar-refractivity contribution < 1.29 is 13.2 Å². The van der Waals surface area contributed by atoms with E-state index >= 15 is 0 Å². The largest absolute Gasteiger partial charge is 0.336 e. The second kappa shape index (κ2) is 9.01. The highest BCUT2D eigenvalue weighted by Gasteiger charge is 2.31. The normalized spacial score (nSPS) is 15.3. The van der Waals surface area contributed by atoms with Crippen LogP contribution in [0.15, 0.2) is 65.7 Å². The van der Waals surface area contributed by atoms with Gasteiger partial charge in [0, 0.05) is 38.1 Å². The van der Waals surface area contributed by atoms with Crippen LogP contribution in [-0.2, 0) is 10.0 Å². The van der Waals surface area contributed by atoms with Gasteiger partial charge in [0.05, 0.1) is 4.90 Å². The summed E-state index contributed by atoms with van der Waals surface area (Å²) in [4.78, 5) is 18.1. The van der Waals surface area contributed by atoms with Crippen molar-refractivity contribution in [1.82, 2.24) is 18.8 Å². The van der Waals surface area contributed by atoms with E-state index in [0.29, 0.717) is 29.5 Å². The lowest BCUT2D eigenvalue weighted by Gasteiger charge is -2.34. The molecule has 0 radical (unpaired) electrons. The number of piperazine rings is 1. The van der Waals surface area contributed by atoms with Crippen molar-refractivity contribution in [3.05, 3.63) is 76.8 Å². The number of nitrogens with one attached hydrogen (secondary N) is 1.